The number of aliphatic carboxylic acids is 1. The Labute approximate surface area is 112 Å². The largest absolute Gasteiger partial charge is 0.481 e. The Morgan fingerprint density at radius 3 is 2.47 bits per heavy atom. The molecule has 1 aromatic heterocycles. The second kappa shape index (κ2) is 6.26. The summed E-state index contributed by atoms with van der Waals surface area (Å²) in [5.74, 6) is -1.26. The molecule has 19 heavy (non-hydrogen) atoms. The Hall–Kier alpha value is -1.98. The third kappa shape index (κ3) is 3.74. The number of hydrogen-bond acceptors (Lipinski definition) is 4. The number of carboxylic acids is 1. The predicted molar refractivity (Wildman–Crippen MR) is 69.8 cm³/mol. The number of carboxylic acid groups (broad SMARTS) is 1. The van der Waals surface area contributed by atoms with Crippen molar-refractivity contribution in [3.05, 3.63) is 23.8 Å². The van der Waals surface area contributed by atoms with E-state index in [2.05, 4.69) is 15.3 Å². The maximum absolute atomic E-state index is 12.2. The molecule has 6 heteroatoms. The summed E-state index contributed by atoms with van der Waals surface area (Å²) in [4.78, 5) is 30.9. The maximum atomic E-state index is 12.2. The molecule has 1 aromatic rings. The minimum absolute atomic E-state index is 0.0987. The van der Waals surface area contributed by atoms with Crippen molar-refractivity contribution in [2.24, 2.45) is 0 Å². The molecule has 0 unspecified atom stereocenters. The van der Waals surface area contributed by atoms with E-state index >= 15 is 0 Å². The molecule has 0 aliphatic rings. The lowest BCUT2D eigenvalue weighted by Crippen LogP contribution is -2.49. The number of amides is 1. The fourth-order valence-electron chi connectivity index (χ4n) is 1.93. The fraction of sp³-hybridized carbons (Fsp3) is 0.538. The SMILES string of the molecule is CCC(CC)(CC(=O)O)NC(=O)c1cncnc1C. The molecule has 104 valence electrons. The fourth-order valence-corrected chi connectivity index (χ4v) is 1.93. The van der Waals surface area contributed by atoms with Gasteiger partial charge in [0.05, 0.1) is 23.2 Å². The van der Waals surface area contributed by atoms with Crippen LogP contribution in [0.3, 0.4) is 0 Å². The van der Waals surface area contributed by atoms with Gasteiger partial charge in [0, 0.05) is 6.20 Å². The van der Waals surface area contributed by atoms with Crippen molar-refractivity contribution in [2.45, 2.75) is 45.6 Å². The van der Waals surface area contributed by atoms with Gasteiger partial charge in [-0.1, -0.05) is 13.8 Å². The molecule has 1 rings (SSSR count). The van der Waals surface area contributed by atoms with E-state index in [0.29, 0.717) is 24.1 Å². The smallest absolute Gasteiger partial charge is 0.305 e. The number of rotatable bonds is 6. The van der Waals surface area contributed by atoms with Crippen molar-refractivity contribution in [2.75, 3.05) is 0 Å². The van der Waals surface area contributed by atoms with Gasteiger partial charge >= 0.3 is 5.97 Å². The van der Waals surface area contributed by atoms with Crippen molar-refractivity contribution in [3.63, 3.8) is 0 Å². The summed E-state index contributed by atoms with van der Waals surface area (Å²) in [6.07, 6.45) is 3.81. The summed E-state index contributed by atoms with van der Waals surface area (Å²) >= 11 is 0. The molecule has 1 heterocycles. The van der Waals surface area contributed by atoms with Gasteiger partial charge in [-0.15, -0.1) is 0 Å². The van der Waals surface area contributed by atoms with E-state index in [9.17, 15) is 9.59 Å². The van der Waals surface area contributed by atoms with E-state index in [1.807, 2.05) is 13.8 Å². The summed E-state index contributed by atoms with van der Waals surface area (Å²) in [6.45, 7) is 5.44. The van der Waals surface area contributed by atoms with Gasteiger partial charge in [-0.25, -0.2) is 9.97 Å². The summed E-state index contributed by atoms with van der Waals surface area (Å²) < 4.78 is 0. The second-order valence-electron chi connectivity index (χ2n) is 4.53. The highest BCUT2D eigenvalue weighted by Gasteiger charge is 2.31. The molecule has 0 atom stereocenters. The standard InChI is InChI=1S/C13H19N3O3/c1-4-13(5-2,6-11(17)18)16-12(19)10-7-14-8-15-9(10)3/h7-8H,4-6H2,1-3H3,(H,16,19)(H,17,18). The van der Waals surface area contributed by atoms with Crippen LogP contribution in [0.1, 0.15) is 49.2 Å². The summed E-state index contributed by atoms with van der Waals surface area (Å²) in [5, 5.41) is 11.8. The first-order valence-electron chi connectivity index (χ1n) is 6.25. The van der Waals surface area contributed by atoms with Crippen LogP contribution in [0.4, 0.5) is 0 Å². The Balaban J connectivity index is 2.94. The van der Waals surface area contributed by atoms with Crippen molar-refractivity contribution in [3.8, 4) is 0 Å². The molecule has 0 bridgehead atoms. The van der Waals surface area contributed by atoms with Gasteiger partial charge in [-0.05, 0) is 19.8 Å². The predicted octanol–water partition coefficient (Wildman–Crippen LogP) is 1.55. The molecule has 0 aliphatic heterocycles. The molecule has 0 saturated heterocycles. The molecule has 0 aromatic carbocycles. The van der Waals surface area contributed by atoms with Crippen LogP contribution < -0.4 is 5.32 Å². The van der Waals surface area contributed by atoms with E-state index in [1.54, 1.807) is 6.92 Å². The zero-order valence-electron chi connectivity index (χ0n) is 11.4. The van der Waals surface area contributed by atoms with Crippen LogP contribution in [0.5, 0.6) is 0 Å². The van der Waals surface area contributed by atoms with E-state index in [-0.39, 0.29) is 12.3 Å². The van der Waals surface area contributed by atoms with Crippen molar-refractivity contribution < 1.29 is 14.7 Å². The average molecular weight is 265 g/mol. The normalized spacial score (nSPS) is 11.1. The highest BCUT2D eigenvalue weighted by Crippen LogP contribution is 2.20. The van der Waals surface area contributed by atoms with Gasteiger partial charge in [-0.3, -0.25) is 9.59 Å². The Morgan fingerprint density at radius 1 is 1.37 bits per heavy atom. The highest BCUT2D eigenvalue weighted by atomic mass is 16.4. The molecule has 1 amide bonds. The van der Waals surface area contributed by atoms with Crippen LogP contribution in [-0.2, 0) is 4.79 Å². The quantitative estimate of drug-likeness (QED) is 0.814. The van der Waals surface area contributed by atoms with Crippen LogP contribution in [0.15, 0.2) is 12.5 Å². The average Bonchev–Trinajstić information content (AvgIpc) is 2.37. The highest BCUT2D eigenvalue weighted by molar-refractivity contribution is 5.95. The Bertz CT molecular complexity index is 470. The summed E-state index contributed by atoms with van der Waals surface area (Å²) in [7, 11) is 0. The zero-order chi connectivity index (χ0) is 14.5. The Morgan fingerprint density at radius 2 is 2.00 bits per heavy atom. The monoisotopic (exact) mass is 265 g/mol. The van der Waals surface area contributed by atoms with Gasteiger partial charge in [0.2, 0.25) is 0 Å². The molecular weight excluding hydrogens is 246 g/mol. The molecule has 6 nitrogen and oxygen atoms in total. The first-order chi connectivity index (χ1) is 8.94. The molecule has 0 aliphatic carbocycles. The lowest BCUT2D eigenvalue weighted by molar-refractivity contribution is -0.138. The molecule has 0 radical (unpaired) electrons. The maximum Gasteiger partial charge on any atom is 0.305 e. The van der Waals surface area contributed by atoms with Gasteiger partial charge in [0.25, 0.3) is 5.91 Å². The van der Waals surface area contributed by atoms with Crippen LogP contribution in [0, 0.1) is 6.92 Å². The first kappa shape index (κ1) is 15.1. The summed E-state index contributed by atoms with van der Waals surface area (Å²) in [6, 6.07) is 0. The van der Waals surface area contributed by atoms with Gasteiger partial charge < -0.3 is 10.4 Å². The number of aryl methyl sites for hydroxylation is 1. The second-order valence-corrected chi connectivity index (χ2v) is 4.53. The number of carbonyl (C=O) groups excluding carboxylic acids is 1. The van der Waals surface area contributed by atoms with E-state index in [1.165, 1.54) is 12.5 Å². The third-order valence-corrected chi connectivity index (χ3v) is 3.38. The summed E-state index contributed by atoms with van der Waals surface area (Å²) in [5.41, 5.74) is 0.216. The number of hydrogen-bond donors (Lipinski definition) is 2. The molecule has 2 N–H and O–H groups in total. The molecule has 0 fully saturated rings. The van der Waals surface area contributed by atoms with E-state index in [4.69, 9.17) is 5.11 Å². The lowest BCUT2D eigenvalue weighted by atomic mass is 9.88. The zero-order valence-corrected chi connectivity index (χ0v) is 11.4. The first-order valence-corrected chi connectivity index (χ1v) is 6.25. The van der Waals surface area contributed by atoms with Crippen LogP contribution in [-0.4, -0.2) is 32.5 Å². The Kier molecular flexibility index (Phi) is 4.97. The number of nitrogens with zero attached hydrogens (tertiary/aromatic N) is 2. The van der Waals surface area contributed by atoms with Crippen LogP contribution in [0.2, 0.25) is 0 Å². The topological polar surface area (TPSA) is 92.2 Å². The van der Waals surface area contributed by atoms with Crippen molar-refractivity contribution in [1.82, 2.24) is 15.3 Å². The lowest BCUT2D eigenvalue weighted by Gasteiger charge is -2.31. The minimum Gasteiger partial charge on any atom is -0.481 e. The molecule has 0 spiro atoms. The van der Waals surface area contributed by atoms with Crippen LogP contribution in [0.25, 0.3) is 0 Å². The van der Waals surface area contributed by atoms with Crippen LogP contribution >= 0.6 is 0 Å². The molecule has 0 saturated carbocycles. The van der Waals surface area contributed by atoms with Gasteiger partial charge in [0.1, 0.15) is 6.33 Å². The van der Waals surface area contributed by atoms with E-state index < -0.39 is 11.5 Å². The van der Waals surface area contributed by atoms with Gasteiger partial charge in [-0.2, -0.15) is 0 Å². The number of aromatic nitrogens is 2. The number of nitrogens with one attached hydrogen (secondary N) is 1. The minimum atomic E-state index is -0.926. The van der Waals surface area contributed by atoms with Gasteiger partial charge in [0.15, 0.2) is 0 Å². The third-order valence-electron chi connectivity index (χ3n) is 3.38. The van der Waals surface area contributed by atoms with E-state index in [0.717, 1.165) is 0 Å². The molecular formula is C13H19N3O3. The van der Waals surface area contributed by atoms with Crippen molar-refractivity contribution in [1.29, 1.82) is 0 Å². The van der Waals surface area contributed by atoms with Crippen molar-refractivity contribution >= 4 is 11.9 Å². The number of carbonyl (C=O) groups is 2.